The van der Waals surface area contributed by atoms with Gasteiger partial charge in [0.15, 0.2) is 5.78 Å². The van der Waals surface area contributed by atoms with Crippen molar-refractivity contribution in [3.05, 3.63) is 42.5 Å². The van der Waals surface area contributed by atoms with Gasteiger partial charge in [-0.3, -0.25) is 9.78 Å². The highest BCUT2D eigenvalue weighted by molar-refractivity contribution is 6.02. The third kappa shape index (κ3) is 2.07. The predicted octanol–water partition coefficient (Wildman–Crippen LogP) is 1.33. The van der Waals surface area contributed by atoms with E-state index in [0.717, 1.165) is 0 Å². The van der Waals surface area contributed by atoms with Gasteiger partial charge < -0.3 is 0 Å². The molecule has 0 atom stereocenters. The highest BCUT2D eigenvalue weighted by Gasteiger charge is 2.17. The van der Waals surface area contributed by atoms with Crippen LogP contribution in [0.4, 0.5) is 0 Å². The van der Waals surface area contributed by atoms with Crippen LogP contribution >= 0.6 is 0 Å². The van der Waals surface area contributed by atoms with Crippen LogP contribution in [0.1, 0.15) is 36.1 Å². The van der Waals surface area contributed by atoms with Crippen molar-refractivity contribution >= 4 is 11.3 Å². The zero-order chi connectivity index (χ0) is 14.1. The number of aromatic nitrogens is 6. The highest BCUT2D eigenvalue weighted by Crippen LogP contribution is 2.13. The predicted molar refractivity (Wildman–Crippen MR) is 71.4 cm³/mol. The standard InChI is InChI=1S/C13H14N6O/c1-9(2)19-13(15-8-17-19)5-12(20)10-6-16-18-4-3-14-7-11(10)18/h3-4,6-9H,5H2,1-2H3. The largest absolute Gasteiger partial charge is 0.294 e. The van der Waals surface area contributed by atoms with E-state index in [2.05, 4.69) is 20.2 Å². The van der Waals surface area contributed by atoms with Gasteiger partial charge in [-0.15, -0.1) is 0 Å². The lowest BCUT2D eigenvalue weighted by molar-refractivity contribution is 0.0990. The number of carbonyl (C=O) groups is 1. The number of fused-ring (bicyclic) bond motifs is 1. The third-order valence-electron chi connectivity index (χ3n) is 3.08. The first-order valence-corrected chi connectivity index (χ1v) is 6.35. The molecule has 3 rings (SSSR count). The Morgan fingerprint density at radius 2 is 2.15 bits per heavy atom. The molecule has 7 heteroatoms. The number of rotatable bonds is 4. The smallest absolute Gasteiger partial charge is 0.174 e. The van der Waals surface area contributed by atoms with Crippen LogP contribution < -0.4 is 0 Å². The summed E-state index contributed by atoms with van der Waals surface area (Å²) in [6.45, 7) is 4.00. The molecule has 0 spiro atoms. The van der Waals surface area contributed by atoms with E-state index in [-0.39, 0.29) is 18.2 Å². The summed E-state index contributed by atoms with van der Waals surface area (Å²) < 4.78 is 3.38. The fourth-order valence-electron chi connectivity index (χ4n) is 2.12. The van der Waals surface area contributed by atoms with E-state index in [1.807, 2.05) is 13.8 Å². The van der Waals surface area contributed by atoms with Crippen LogP contribution in [0.3, 0.4) is 0 Å². The normalized spacial score (nSPS) is 11.3. The Hall–Kier alpha value is -2.57. The van der Waals surface area contributed by atoms with Gasteiger partial charge in [0.25, 0.3) is 0 Å². The molecule has 0 amide bonds. The van der Waals surface area contributed by atoms with Gasteiger partial charge in [0.1, 0.15) is 12.2 Å². The molecular formula is C13H14N6O. The maximum atomic E-state index is 12.4. The van der Waals surface area contributed by atoms with Crippen molar-refractivity contribution < 1.29 is 4.79 Å². The second-order valence-electron chi connectivity index (χ2n) is 4.78. The summed E-state index contributed by atoms with van der Waals surface area (Å²) >= 11 is 0. The zero-order valence-electron chi connectivity index (χ0n) is 11.3. The summed E-state index contributed by atoms with van der Waals surface area (Å²) in [6, 6.07) is 0.172. The third-order valence-corrected chi connectivity index (χ3v) is 3.08. The van der Waals surface area contributed by atoms with E-state index in [0.29, 0.717) is 16.9 Å². The molecule has 0 aliphatic rings. The summed E-state index contributed by atoms with van der Waals surface area (Å²) in [4.78, 5) is 20.6. The molecule has 0 saturated heterocycles. The van der Waals surface area contributed by atoms with Gasteiger partial charge in [-0.05, 0) is 13.8 Å². The van der Waals surface area contributed by atoms with E-state index >= 15 is 0 Å². The number of ketones is 1. The number of carbonyl (C=O) groups excluding carboxylic acids is 1. The van der Waals surface area contributed by atoms with Gasteiger partial charge >= 0.3 is 0 Å². The summed E-state index contributed by atoms with van der Waals surface area (Å²) in [5, 5.41) is 8.27. The molecule has 7 nitrogen and oxygen atoms in total. The molecule has 3 heterocycles. The van der Waals surface area contributed by atoms with Crippen molar-refractivity contribution in [2.24, 2.45) is 0 Å². The lowest BCUT2D eigenvalue weighted by atomic mass is 10.1. The first-order chi connectivity index (χ1) is 9.66. The topological polar surface area (TPSA) is 78.0 Å². The molecule has 0 aliphatic heterocycles. The molecule has 0 bridgehead atoms. The van der Waals surface area contributed by atoms with Gasteiger partial charge in [0.2, 0.25) is 0 Å². The van der Waals surface area contributed by atoms with Crippen LogP contribution in [0.2, 0.25) is 0 Å². The van der Waals surface area contributed by atoms with Gasteiger partial charge in [0, 0.05) is 18.4 Å². The second-order valence-corrected chi connectivity index (χ2v) is 4.78. The number of nitrogens with zero attached hydrogens (tertiary/aromatic N) is 6. The monoisotopic (exact) mass is 270 g/mol. The minimum Gasteiger partial charge on any atom is -0.294 e. The van der Waals surface area contributed by atoms with Crippen LogP contribution in [0.25, 0.3) is 5.52 Å². The van der Waals surface area contributed by atoms with E-state index in [1.165, 1.54) is 6.33 Å². The van der Waals surface area contributed by atoms with Crippen molar-refractivity contribution in [3.8, 4) is 0 Å². The van der Waals surface area contributed by atoms with Gasteiger partial charge in [-0.2, -0.15) is 10.2 Å². The zero-order valence-corrected chi connectivity index (χ0v) is 11.3. The molecule has 20 heavy (non-hydrogen) atoms. The Morgan fingerprint density at radius 1 is 1.30 bits per heavy atom. The fourth-order valence-corrected chi connectivity index (χ4v) is 2.12. The number of hydrogen-bond donors (Lipinski definition) is 0. The van der Waals surface area contributed by atoms with Crippen LogP contribution in [0.5, 0.6) is 0 Å². The average molecular weight is 270 g/mol. The van der Waals surface area contributed by atoms with E-state index in [4.69, 9.17) is 0 Å². The quantitative estimate of drug-likeness (QED) is 0.668. The van der Waals surface area contributed by atoms with Gasteiger partial charge in [-0.25, -0.2) is 14.2 Å². The van der Waals surface area contributed by atoms with Crippen LogP contribution in [-0.4, -0.2) is 35.1 Å². The Bertz CT molecular complexity index is 757. The van der Waals surface area contributed by atoms with Crippen LogP contribution in [0, 0.1) is 0 Å². The minimum absolute atomic E-state index is 0.0390. The molecule has 0 radical (unpaired) electrons. The fraction of sp³-hybridized carbons (Fsp3) is 0.308. The number of hydrogen-bond acceptors (Lipinski definition) is 5. The Labute approximate surface area is 115 Å². The highest BCUT2D eigenvalue weighted by atomic mass is 16.1. The van der Waals surface area contributed by atoms with Gasteiger partial charge in [0.05, 0.1) is 29.9 Å². The summed E-state index contributed by atoms with van der Waals surface area (Å²) in [6.07, 6.45) is 8.21. The molecule has 0 fully saturated rings. The average Bonchev–Trinajstić information content (AvgIpc) is 3.04. The molecular weight excluding hydrogens is 256 g/mol. The van der Waals surface area contributed by atoms with E-state index in [1.54, 1.807) is 34.0 Å². The lowest BCUT2D eigenvalue weighted by Crippen LogP contribution is -2.13. The molecule has 102 valence electrons. The van der Waals surface area contributed by atoms with Crippen molar-refractivity contribution in [1.29, 1.82) is 0 Å². The maximum Gasteiger partial charge on any atom is 0.174 e. The molecule has 0 aromatic carbocycles. The molecule has 0 N–H and O–H groups in total. The minimum atomic E-state index is -0.0390. The first-order valence-electron chi connectivity index (χ1n) is 6.35. The SMILES string of the molecule is CC(C)n1ncnc1CC(=O)c1cnn2ccncc12. The number of Topliss-reactive ketones (excluding diaryl/α,β-unsaturated/α-hetero) is 1. The summed E-state index contributed by atoms with van der Waals surface area (Å²) in [7, 11) is 0. The first kappa shape index (κ1) is 12.5. The molecule has 3 aromatic rings. The summed E-state index contributed by atoms with van der Waals surface area (Å²) in [5.74, 6) is 0.621. The van der Waals surface area contributed by atoms with Crippen molar-refractivity contribution in [2.45, 2.75) is 26.3 Å². The maximum absolute atomic E-state index is 12.4. The molecule has 0 saturated carbocycles. The Morgan fingerprint density at radius 3 is 2.95 bits per heavy atom. The molecule has 0 aliphatic carbocycles. The van der Waals surface area contributed by atoms with E-state index < -0.39 is 0 Å². The van der Waals surface area contributed by atoms with E-state index in [9.17, 15) is 4.79 Å². The van der Waals surface area contributed by atoms with Crippen LogP contribution in [-0.2, 0) is 6.42 Å². The van der Waals surface area contributed by atoms with Crippen LogP contribution in [0.15, 0.2) is 31.1 Å². The Balaban J connectivity index is 1.91. The second kappa shape index (κ2) is 4.84. The molecule has 0 unspecified atom stereocenters. The molecule has 3 aromatic heterocycles. The lowest BCUT2D eigenvalue weighted by Gasteiger charge is -2.08. The summed E-state index contributed by atoms with van der Waals surface area (Å²) in [5.41, 5.74) is 1.25. The van der Waals surface area contributed by atoms with Crippen molar-refractivity contribution in [2.75, 3.05) is 0 Å². The van der Waals surface area contributed by atoms with Crippen molar-refractivity contribution in [3.63, 3.8) is 0 Å². The Kier molecular flexibility index (Phi) is 3.02. The van der Waals surface area contributed by atoms with Gasteiger partial charge in [-0.1, -0.05) is 0 Å². The van der Waals surface area contributed by atoms with Crippen molar-refractivity contribution in [1.82, 2.24) is 29.4 Å².